The van der Waals surface area contributed by atoms with Crippen LogP contribution in [0.4, 0.5) is 0 Å². The topological polar surface area (TPSA) is 66.5 Å². The summed E-state index contributed by atoms with van der Waals surface area (Å²) in [5.74, 6) is 2.36. The Bertz CT molecular complexity index is 437. The number of carbonyl (C=O) groups excluding carboxylic acids is 1. The van der Waals surface area contributed by atoms with Gasteiger partial charge in [-0.15, -0.1) is 0 Å². The predicted molar refractivity (Wildman–Crippen MR) is 106 cm³/mol. The molecule has 1 unspecified atom stereocenters. The van der Waals surface area contributed by atoms with E-state index in [9.17, 15) is 13.2 Å². The predicted octanol–water partition coefficient (Wildman–Crippen LogP) is 2.57. The molecule has 2 fully saturated rings. The first-order chi connectivity index (χ1) is 11.4. The average molecular weight is 397 g/mol. The van der Waals surface area contributed by atoms with Crippen molar-refractivity contribution in [2.75, 3.05) is 44.4 Å². The number of hydrogen-bond acceptors (Lipinski definition) is 6. The van der Waals surface area contributed by atoms with Crippen LogP contribution in [-0.4, -0.2) is 68.9 Å². The van der Waals surface area contributed by atoms with Crippen molar-refractivity contribution in [1.29, 1.82) is 0 Å². The molecular weight excluding hydrogens is 364 g/mol. The normalized spacial score (nSPS) is 22.2. The molecule has 0 radical (unpaired) electrons. The number of unbranched alkanes of at least 4 members (excludes halogenated alkanes) is 1. The lowest BCUT2D eigenvalue weighted by Crippen LogP contribution is -2.31. The summed E-state index contributed by atoms with van der Waals surface area (Å²) in [6, 6.07) is 0. The van der Waals surface area contributed by atoms with E-state index in [0.717, 1.165) is 37.6 Å². The van der Waals surface area contributed by atoms with Gasteiger partial charge in [-0.3, -0.25) is 4.79 Å². The van der Waals surface area contributed by atoms with Crippen LogP contribution in [0.15, 0.2) is 0 Å². The van der Waals surface area contributed by atoms with Crippen LogP contribution in [0.5, 0.6) is 0 Å². The van der Waals surface area contributed by atoms with Crippen LogP contribution >= 0.6 is 21.6 Å². The van der Waals surface area contributed by atoms with Crippen molar-refractivity contribution in [3.05, 3.63) is 0 Å². The van der Waals surface area contributed by atoms with Crippen LogP contribution < -0.4 is 5.32 Å². The molecular formula is C16H32N2O3S3. The van der Waals surface area contributed by atoms with Gasteiger partial charge >= 0.3 is 0 Å². The smallest absolute Gasteiger partial charge is 0.220 e. The number of likely N-dealkylation sites (N-methyl/N-ethyl adjacent to an activating group) is 1. The second-order valence-electron chi connectivity index (χ2n) is 6.59. The Morgan fingerprint density at radius 3 is 2.42 bits per heavy atom. The standard InChI is InChI=1S/C12H24N2OS2.C4H8O2S/c1-14(2)9-8-13-12(15)6-4-3-5-11-7-10-16-17-11;5-7(6)3-1-2-4-7/h11H,3-10H2,1-2H3,(H,13,15);1-4H2. The molecule has 0 aromatic carbocycles. The molecule has 2 heterocycles. The van der Waals surface area contributed by atoms with E-state index in [0.29, 0.717) is 17.9 Å². The lowest BCUT2D eigenvalue weighted by molar-refractivity contribution is -0.121. The number of nitrogens with zero attached hydrogens (tertiary/aromatic N) is 1. The lowest BCUT2D eigenvalue weighted by Gasteiger charge is -2.10. The minimum absolute atomic E-state index is 0.209. The van der Waals surface area contributed by atoms with Gasteiger partial charge in [0.1, 0.15) is 9.84 Å². The van der Waals surface area contributed by atoms with Crippen molar-refractivity contribution in [2.45, 2.75) is 50.2 Å². The fourth-order valence-electron chi connectivity index (χ4n) is 2.48. The van der Waals surface area contributed by atoms with E-state index in [-0.39, 0.29) is 5.91 Å². The third kappa shape index (κ3) is 11.6. The summed E-state index contributed by atoms with van der Waals surface area (Å²) in [7, 11) is 5.51. The fraction of sp³-hybridized carbons (Fsp3) is 0.938. The third-order valence-corrected chi connectivity index (χ3v) is 8.78. The zero-order chi connectivity index (χ0) is 17.8. The monoisotopic (exact) mass is 396 g/mol. The Balaban J connectivity index is 0.000000341. The molecule has 1 atom stereocenters. The molecule has 0 bridgehead atoms. The van der Waals surface area contributed by atoms with Crippen LogP contribution in [0.1, 0.15) is 44.9 Å². The maximum Gasteiger partial charge on any atom is 0.220 e. The highest BCUT2D eigenvalue weighted by Crippen LogP contribution is 2.39. The van der Waals surface area contributed by atoms with Crippen molar-refractivity contribution >= 4 is 37.3 Å². The molecule has 2 saturated heterocycles. The van der Waals surface area contributed by atoms with E-state index in [4.69, 9.17) is 0 Å². The van der Waals surface area contributed by atoms with Gasteiger partial charge in [-0.05, 0) is 46.2 Å². The molecule has 24 heavy (non-hydrogen) atoms. The van der Waals surface area contributed by atoms with Gasteiger partial charge in [0.05, 0.1) is 11.5 Å². The second kappa shape index (κ2) is 12.4. The summed E-state index contributed by atoms with van der Waals surface area (Å²) in [4.78, 5) is 13.6. The first-order valence-corrected chi connectivity index (χ1v) is 13.0. The van der Waals surface area contributed by atoms with E-state index in [1.165, 1.54) is 25.0 Å². The second-order valence-corrected chi connectivity index (χ2v) is 11.7. The summed E-state index contributed by atoms with van der Waals surface area (Å²) in [5, 5.41) is 3.80. The molecule has 2 rings (SSSR count). The van der Waals surface area contributed by atoms with Crippen molar-refractivity contribution in [3.63, 3.8) is 0 Å². The van der Waals surface area contributed by atoms with E-state index < -0.39 is 9.84 Å². The molecule has 1 N–H and O–H groups in total. The first kappa shape index (κ1) is 22.1. The summed E-state index contributed by atoms with van der Waals surface area (Å²) in [5.41, 5.74) is 0. The zero-order valence-electron chi connectivity index (χ0n) is 15.0. The molecule has 0 aromatic rings. The molecule has 2 aliphatic heterocycles. The van der Waals surface area contributed by atoms with E-state index >= 15 is 0 Å². The van der Waals surface area contributed by atoms with Crippen molar-refractivity contribution in [3.8, 4) is 0 Å². The van der Waals surface area contributed by atoms with Crippen LogP contribution in [0.3, 0.4) is 0 Å². The Hall–Kier alpha value is 0.0800. The minimum atomic E-state index is -2.55. The summed E-state index contributed by atoms with van der Waals surface area (Å²) in [6.07, 6.45) is 7.31. The lowest BCUT2D eigenvalue weighted by atomic mass is 10.1. The van der Waals surface area contributed by atoms with E-state index in [2.05, 4.69) is 10.2 Å². The average Bonchev–Trinajstić information content (AvgIpc) is 3.15. The molecule has 142 valence electrons. The summed E-state index contributed by atoms with van der Waals surface area (Å²) >= 11 is 0. The molecule has 1 amide bonds. The summed E-state index contributed by atoms with van der Waals surface area (Å²) < 4.78 is 20.9. The van der Waals surface area contributed by atoms with Crippen LogP contribution in [-0.2, 0) is 14.6 Å². The Morgan fingerprint density at radius 1 is 1.21 bits per heavy atom. The quantitative estimate of drug-likeness (QED) is 0.502. The Labute approximate surface area is 155 Å². The highest BCUT2D eigenvalue weighted by atomic mass is 33.1. The Morgan fingerprint density at radius 2 is 1.92 bits per heavy atom. The third-order valence-electron chi connectivity index (χ3n) is 3.95. The Kier molecular flexibility index (Phi) is 11.5. The van der Waals surface area contributed by atoms with Crippen LogP contribution in [0.25, 0.3) is 0 Å². The van der Waals surface area contributed by atoms with Crippen LogP contribution in [0, 0.1) is 0 Å². The van der Waals surface area contributed by atoms with Gasteiger partial charge in [0.2, 0.25) is 5.91 Å². The SMILES string of the molecule is CN(C)CCNC(=O)CCCCC1CCSS1.O=S1(=O)CCCC1. The molecule has 2 aliphatic rings. The van der Waals surface area contributed by atoms with E-state index in [1.807, 2.05) is 35.7 Å². The van der Waals surface area contributed by atoms with Gasteiger partial charge in [-0.25, -0.2) is 8.42 Å². The molecule has 0 aromatic heterocycles. The molecule has 8 heteroatoms. The molecule has 0 spiro atoms. The maximum absolute atomic E-state index is 11.5. The fourth-order valence-corrected chi connectivity index (χ4v) is 7.00. The van der Waals surface area contributed by atoms with Gasteiger partial charge in [0.15, 0.2) is 0 Å². The number of sulfone groups is 1. The molecule has 5 nitrogen and oxygen atoms in total. The van der Waals surface area contributed by atoms with Gasteiger partial charge in [0, 0.05) is 30.5 Å². The highest BCUT2D eigenvalue weighted by Gasteiger charge is 2.16. The highest BCUT2D eigenvalue weighted by molar-refractivity contribution is 8.77. The number of rotatable bonds is 8. The minimum Gasteiger partial charge on any atom is -0.355 e. The van der Waals surface area contributed by atoms with Crippen LogP contribution in [0.2, 0.25) is 0 Å². The van der Waals surface area contributed by atoms with Gasteiger partial charge < -0.3 is 10.2 Å². The number of hydrogen-bond donors (Lipinski definition) is 1. The molecule has 0 saturated carbocycles. The van der Waals surface area contributed by atoms with Crippen molar-refractivity contribution in [1.82, 2.24) is 10.2 Å². The number of carbonyl (C=O) groups is 1. The number of nitrogens with one attached hydrogen (secondary N) is 1. The van der Waals surface area contributed by atoms with E-state index in [1.54, 1.807) is 0 Å². The molecule has 0 aliphatic carbocycles. The van der Waals surface area contributed by atoms with Crippen molar-refractivity contribution in [2.24, 2.45) is 0 Å². The van der Waals surface area contributed by atoms with Gasteiger partial charge in [-0.1, -0.05) is 28.0 Å². The van der Waals surface area contributed by atoms with Gasteiger partial charge in [0.25, 0.3) is 0 Å². The van der Waals surface area contributed by atoms with Gasteiger partial charge in [-0.2, -0.15) is 0 Å². The largest absolute Gasteiger partial charge is 0.355 e. The maximum atomic E-state index is 11.5. The van der Waals surface area contributed by atoms with Crippen molar-refractivity contribution < 1.29 is 13.2 Å². The first-order valence-electron chi connectivity index (χ1n) is 8.79. The zero-order valence-corrected chi connectivity index (χ0v) is 17.4. The number of amides is 1. The summed E-state index contributed by atoms with van der Waals surface area (Å²) in [6.45, 7) is 1.68.